The first-order valence-corrected chi connectivity index (χ1v) is 7.18. The van der Waals surface area contributed by atoms with E-state index in [2.05, 4.69) is 31.0 Å². The molecule has 0 aromatic rings. The van der Waals surface area contributed by atoms with Crippen LogP contribution < -0.4 is 5.32 Å². The van der Waals surface area contributed by atoms with Crippen LogP contribution in [0.25, 0.3) is 0 Å². The molecule has 0 spiro atoms. The summed E-state index contributed by atoms with van der Waals surface area (Å²) in [5.41, 5.74) is 0.101. The topological polar surface area (TPSA) is 35.6 Å². The van der Waals surface area contributed by atoms with Crippen molar-refractivity contribution in [3.63, 3.8) is 0 Å². The van der Waals surface area contributed by atoms with E-state index in [1.54, 1.807) is 0 Å². The second-order valence-corrected chi connectivity index (χ2v) is 6.80. The standard InChI is InChI=1S/C14H27N3O/c1-14(2,3)10-13(18)17-8-6-16(7-9-17)12-4-5-15-11-12/h12,15H,4-11H2,1-3H3. The average molecular weight is 253 g/mol. The summed E-state index contributed by atoms with van der Waals surface area (Å²) < 4.78 is 0. The van der Waals surface area contributed by atoms with E-state index >= 15 is 0 Å². The van der Waals surface area contributed by atoms with E-state index in [0.29, 0.717) is 18.4 Å². The van der Waals surface area contributed by atoms with E-state index < -0.39 is 0 Å². The Morgan fingerprint density at radius 3 is 2.39 bits per heavy atom. The van der Waals surface area contributed by atoms with Gasteiger partial charge in [-0.3, -0.25) is 9.69 Å². The molecule has 0 aromatic carbocycles. The minimum absolute atomic E-state index is 0.101. The second kappa shape index (κ2) is 5.57. The summed E-state index contributed by atoms with van der Waals surface area (Å²) in [6, 6.07) is 0.699. The number of nitrogens with zero attached hydrogens (tertiary/aromatic N) is 2. The molecular formula is C14H27N3O. The molecular weight excluding hydrogens is 226 g/mol. The number of carbonyl (C=O) groups excluding carboxylic acids is 1. The molecule has 0 radical (unpaired) electrons. The first-order chi connectivity index (χ1) is 8.46. The summed E-state index contributed by atoms with van der Waals surface area (Å²) in [6.07, 6.45) is 1.92. The number of piperazine rings is 1. The lowest BCUT2D eigenvalue weighted by molar-refractivity contribution is -0.135. The summed E-state index contributed by atoms with van der Waals surface area (Å²) in [7, 11) is 0. The maximum atomic E-state index is 12.1. The Labute approximate surface area is 111 Å². The van der Waals surface area contributed by atoms with Crippen molar-refractivity contribution < 1.29 is 4.79 Å². The van der Waals surface area contributed by atoms with Gasteiger partial charge in [0.15, 0.2) is 0 Å². The fourth-order valence-electron chi connectivity index (χ4n) is 2.85. The van der Waals surface area contributed by atoms with E-state index in [-0.39, 0.29) is 5.41 Å². The number of rotatable bonds is 2. The van der Waals surface area contributed by atoms with E-state index in [1.807, 2.05) is 4.90 Å². The third-order valence-corrected chi connectivity index (χ3v) is 3.90. The van der Waals surface area contributed by atoms with Crippen LogP contribution in [0.4, 0.5) is 0 Å². The summed E-state index contributed by atoms with van der Waals surface area (Å²) in [4.78, 5) is 16.7. The van der Waals surface area contributed by atoms with Gasteiger partial charge in [-0.1, -0.05) is 20.8 Å². The molecule has 2 aliphatic heterocycles. The van der Waals surface area contributed by atoms with Gasteiger partial charge in [-0.2, -0.15) is 0 Å². The summed E-state index contributed by atoms with van der Waals surface area (Å²) in [5, 5.41) is 3.41. The third-order valence-electron chi connectivity index (χ3n) is 3.90. The SMILES string of the molecule is CC(C)(C)CC(=O)N1CCN(C2CCNC2)CC1. The normalized spacial score (nSPS) is 26.6. The van der Waals surface area contributed by atoms with Crippen molar-refractivity contribution in [2.24, 2.45) is 5.41 Å². The molecule has 104 valence electrons. The number of carbonyl (C=O) groups is 1. The molecule has 2 heterocycles. The molecule has 4 nitrogen and oxygen atoms in total. The summed E-state index contributed by atoms with van der Waals surface area (Å²) >= 11 is 0. The van der Waals surface area contributed by atoms with Gasteiger partial charge in [0.05, 0.1) is 0 Å². The van der Waals surface area contributed by atoms with Crippen molar-refractivity contribution in [1.82, 2.24) is 15.1 Å². The molecule has 2 aliphatic rings. The molecule has 1 unspecified atom stereocenters. The lowest BCUT2D eigenvalue weighted by Crippen LogP contribution is -2.52. The molecule has 2 rings (SSSR count). The van der Waals surface area contributed by atoms with Crippen molar-refractivity contribution in [3.8, 4) is 0 Å². The second-order valence-electron chi connectivity index (χ2n) is 6.80. The Morgan fingerprint density at radius 2 is 1.89 bits per heavy atom. The predicted molar refractivity (Wildman–Crippen MR) is 73.5 cm³/mol. The number of hydrogen-bond donors (Lipinski definition) is 1. The zero-order valence-corrected chi connectivity index (χ0v) is 12.0. The van der Waals surface area contributed by atoms with Gasteiger partial charge in [-0.25, -0.2) is 0 Å². The Kier molecular flexibility index (Phi) is 4.28. The molecule has 2 saturated heterocycles. The van der Waals surface area contributed by atoms with Crippen molar-refractivity contribution >= 4 is 5.91 Å². The minimum atomic E-state index is 0.101. The van der Waals surface area contributed by atoms with Crippen molar-refractivity contribution in [1.29, 1.82) is 0 Å². The van der Waals surface area contributed by atoms with E-state index in [4.69, 9.17) is 0 Å². The van der Waals surface area contributed by atoms with Gasteiger partial charge < -0.3 is 10.2 Å². The zero-order valence-electron chi connectivity index (χ0n) is 12.0. The van der Waals surface area contributed by atoms with E-state index in [1.165, 1.54) is 6.42 Å². The molecule has 0 aromatic heterocycles. The van der Waals surface area contributed by atoms with Gasteiger partial charge in [-0.05, 0) is 18.4 Å². The van der Waals surface area contributed by atoms with Gasteiger partial charge in [0.2, 0.25) is 5.91 Å². The monoisotopic (exact) mass is 253 g/mol. The molecule has 0 aliphatic carbocycles. The molecule has 1 N–H and O–H groups in total. The zero-order chi connectivity index (χ0) is 13.2. The van der Waals surface area contributed by atoms with Crippen LogP contribution in [-0.2, 0) is 4.79 Å². The fourth-order valence-corrected chi connectivity index (χ4v) is 2.85. The van der Waals surface area contributed by atoms with E-state index in [0.717, 1.165) is 39.3 Å². The average Bonchev–Trinajstić information content (AvgIpc) is 2.80. The minimum Gasteiger partial charge on any atom is -0.340 e. The quantitative estimate of drug-likeness (QED) is 0.795. The number of nitrogens with one attached hydrogen (secondary N) is 1. The van der Waals surface area contributed by atoms with Crippen molar-refractivity contribution in [3.05, 3.63) is 0 Å². The number of amides is 1. The molecule has 2 fully saturated rings. The van der Waals surface area contributed by atoms with E-state index in [9.17, 15) is 4.79 Å². The highest BCUT2D eigenvalue weighted by atomic mass is 16.2. The van der Waals surface area contributed by atoms with Gasteiger partial charge in [0.1, 0.15) is 0 Å². The smallest absolute Gasteiger partial charge is 0.223 e. The van der Waals surface area contributed by atoms with Crippen LogP contribution in [0.5, 0.6) is 0 Å². The van der Waals surface area contributed by atoms with Gasteiger partial charge in [-0.15, -0.1) is 0 Å². The lowest BCUT2D eigenvalue weighted by Gasteiger charge is -2.38. The van der Waals surface area contributed by atoms with Crippen LogP contribution in [-0.4, -0.2) is 61.0 Å². The Bertz CT molecular complexity index is 284. The van der Waals surface area contributed by atoms with Gasteiger partial charge in [0, 0.05) is 45.2 Å². The Hall–Kier alpha value is -0.610. The highest BCUT2D eigenvalue weighted by molar-refractivity contribution is 5.76. The van der Waals surface area contributed by atoms with Crippen LogP contribution >= 0.6 is 0 Å². The van der Waals surface area contributed by atoms with Crippen LogP contribution in [0.15, 0.2) is 0 Å². The predicted octanol–water partition coefficient (Wildman–Crippen LogP) is 0.929. The van der Waals surface area contributed by atoms with Crippen LogP contribution in [0, 0.1) is 5.41 Å². The molecule has 4 heteroatoms. The van der Waals surface area contributed by atoms with Crippen LogP contribution in [0.3, 0.4) is 0 Å². The molecule has 0 bridgehead atoms. The summed E-state index contributed by atoms with van der Waals surface area (Å²) in [5.74, 6) is 0.326. The van der Waals surface area contributed by atoms with Crippen LogP contribution in [0.2, 0.25) is 0 Å². The fraction of sp³-hybridized carbons (Fsp3) is 0.929. The highest BCUT2D eigenvalue weighted by Gasteiger charge is 2.28. The van der Waals surface area contributed by atoms with Gasteiger partial charge in [0.25, 0.3) is 0 Å². The Balaban J connectivity index is 1.77. The highest BCUT2D eigenvalue weighted by Crippen LogP contribution is 2.21. The number of hydrogen-bond acceptors (Lipinski definition) is 3. The lowest BCUT2D eigenvalue weighted by atomic mass is 9.91. The first-order valence-electron chi connectivity index (χ1n) is 7.18. The molecule has 1 amide bonds. The summed E-state index contributed by atoms with van der Waals surface area (Å²) in [6.45, 7) is 12.6. The largest absolute Gasteiger partial charge is 0.340 e. The van der Waals surface area contributed by atoms with Crippen molar-refractivity contribution in [2.45, 2.75) is 39.7 Å². The van der Waals surface area contributed by atoms with Crippen molar-refractivity contribution in [2.75, 3.05) is 39.3 Å². The maximum Gasteiger partial charge on any atom is 0.223 e. The van der Waals surface area contributed by atoms with Crippen LogP contribution in [0.1, 0.15) is 33.6 Å². The maximum absolute atomic E-state index is 12.1. The van der Waals surface area contributed by atoms with Gasteiger partial charge >= 0.3 is 0 Å². The molecule has 18 heavy (non-hydrogen) atoms. The Morgan fingerprint density at radius 1 is 1.22 bits per heavy atom. The third kappa shape index (κ3) is 3.69. The molecule has 0 saturated carbocycles. The first kappa shape index (κ1) is 13.8. The molecule has 1 atom stereocenters.